The molecular weight excluding hydrogens is 296 g/mol. The molecule has 0 saturated carbocycles. The monoisotopic (exact) mass is 308 g/mol. The molecule has 2 rings (SSSR count). The zero-order chi connectivity index (χ0) is 14.8. The normalized spacial score (nSPS) is 11.3. The molecule has 0 N–H and O–H groups in total. The molecule has 0 atom stereocenters. The molecule has 0 aliphatic rings. The number of hydrogen-bond acceptors (Lipinski definition) is 3. The van der Waals surface area contributed by atoms with Crippen LogP contribution in [0.15, 0.2) is 53.4 Å². The highest BCUT2D eigenvalue weighted by atomic mass is 35.5. The van der Waals surface area contributed by atoms with Crippen LogP contribution in [0.3, 0.4) is 0 Å². The fraction of sp³-hybridized carbons (Fsp3) is 0.133. The Balaban J connectivity index is 2.27. The van der Waals surface area contributed by atoms with E-state index in [0.717, 1.165) is 0 Å². The van der Waals surface area contributed by atoms with E-state index >= 15 is 0 Å². The quantitative estimate of drug-likeness (QED) is 0.814. The maximum Gasteiger partial charge on any atom is 0.186 e. The Labute approximate surface area is 123 Å². The van der Waals surface area contributed by atoms with E-state index < -0.39 is 21.4 Å². The molecule has 0 aromatic heterocycles. The van der Waals surface area contributed by atoms with Gasteiger partial charge in [0.25, 0.3) is 0 Å². The lowest BCUT2D eigenvalue weighted by Gasteiger charge is -2.07. The van der Waals surface area contributed by atoms with Gasteiger partial charge in [-0.15, -0.1) is 0 Å². The van der Waals surface area contributed by atoms with E-state index in [9.17, 15) is 13.2 Å². The van der Waals surface area contributed by atoms with Gasteiger partial charge in [0.2, 0.25) is 0 Å². The van der Waals surface area contributed by atoms with Crippen molar-refractivity contribution >= 4 is 27.2 Å². The van der Waals surface area contributed by atoms with Crippen molar-refractivity contribution < 1.29 is 13.2 Å². The minimum atomic E-state index is -3.63. The van der Waals surface area contributed by atoms with E-state index in [2.05, 4.69) is 0 Å². The summed E-state index contributed by atoms with van der Waals surface area (Å²) >= 11 is 5.74. The van der Waals surface area contributed by atoms with Crippen LogP contribution in [-0.2, 0) is 9.84 Å². The number of rotatable bonds is 4. The highest BCUT2D eigenvalue weighted by molar-refractivity contribution is 7.92. The van der Waals surface area contributed by atoms with Gasteiger partial charge < -0.3 is 0 Å². The van der Waals surface area contributed by atoms with Crippen molar-refractivity contribution in [3.8, 4) is 0 Å². The molecule has 0 aliphatic carbocycles. The summed E-state index contributed by atoms with van der Waals surface area (Å²) in [6.07, 6.45) is 0. The van der Waals surface area contributed by atoms with E-state index in [4.69, 9.17) is 11.6 Å². The van der Waals surface area contributed by atoms with Crippen LogP contribution in [0.25, 0.3) is 0 Å². The number of benzene rings is 2. The lowest BCUT2D eigenvalue weighted by Crippen LogP contribution is -2.17. The Kier molecular flexibility index (Phi) is 4.26. The third-order valence-electron chi connectivity index (χ3n) is 2.92. The highest BCUT2D eigenvalue weighted by Gasteiger charge is 2.21. The second-order valence-corrected chi connectivity index (χ2v) is 6.85. The van der Waals surface area contributed by atoms with Crippen molar-refractivity contribution in [2.45, 2.75) is 11.8 Å². The number of halogens is 1. The van der Waals surface area contributed by atoms with Crippen LogP contribution in [-0.4, -0.2) is 20.0 Å². The molecule has 104 valence electrons. The molecule has 5 heteroatoms. The SMILES string of the molecule is Cc1ccccc1S(=O)(=O)CC(=O)c1ccc(Cl)cc1. The Bertz CT molecular complexity index is 734. The van der Waals surface area contributed by atoms with Crippen LogP contribution in [0.1, 0.15) is 15.9 Å². The van der Waals surface area contributed by atoms with Gasteiger partial charge in [0, 0.05) is 10.6 Å². The summed E-state index contributed by atoms with van der Waals surface area (Å²) in [5, 5.41) is 0.503. The molecule has 0 amide bonds. The van der Waals surface area contributed by atoms with Crippen LogP contribution >= 0.6 is 11.6 Å². The van der Waals surface area contributed by atoms with Crippen LogP contribution in [0, 0.1) is 6.92 Å². The maximum atomic E-state index is 12.3. The predicted octanol–water partition coefficient (Wildman–Crippen LogP) is 3.31. The third-order valence-corrected chi connectivity index (χ3v) is 4.94. The summed E-state index contributed by atoms with van der Waals surface area (Å²) in [5.41, 5.74) is 0.975. The van der Waals surface area contributed by atoms with E-state index in [1.807, 2.05) is 0 Å². The summed E-state index contributed by atoms with van der Waals surface area (Å²) in [7, 11) is -3.63. The third kappa shape index (κ3) is 3.26. The van der Waals surface area contributed by atoms with Gasteiger partial charge in [0.1, 0.15) is 5.75 Å². The zero-order valence-electron chi connectivity index (χ0n) is 10.8. The first-order valence-corrected chi connectivity index (χ1v) is 8.00. The summed E-state index contributed by atoms with van der Waals surface area (Å²) in [5.74, 6) is -0.982. The summed E-state index contributed by atoms with van der Waals surface area (Å²) < 4.78 is 24.5. The molecule has 0 fully saturated rings. The van der Waals surface area contributed by atoms with E-state index in [0.29, 0.717) is 16.1 Å². The average Bonchev–Trinajstić information content (AvgIpc) is 2.39. The minimum Gasteiger partial charge on any atom is -0.293 e. The molecule has 0 unspecified atom stereocenters. The molecule has 0 saturated heterocycles. The number of sulfone groups is 1. The first-order valence-electron chi connectivity index (χ1n) is 5.97. The standard InChI is InChI=1S/C15H13ClO3S/c1-11-4-2-3-5-15(11)20(18,19)10-14(17)12-6-8-13(16)9-7-12/h2-9H,10H2,1H3. The maximum absolute atomic E-state index is 12.3. The molecular formula is C15H13ClO3S. The number of carbonyl (C=O) groups excluding carboxylic acids is 1. The molecule has 0 bridgehead atoms. The number of carbonyl (C=O) groups is 1. The molecule has 2 aromatic rings. The van der Waals surface area contributed by atoms with Gasteiger partial charge in [-0.1, -0.05) is 29.8 Å². The van der Waals surface area contributed by atoms with Gasteiger partial charge in [-0.3, -0.25) is 4.79 Å². The first kappa shape index (κ1) is 14.8. The molecule has 20 heavy (non-hydrogen) atoms. The van der Waals surface area contributed by atoms with Gasteiger partial charge in [-0.25, -0.2) is 8.42 Å². The Morgan fingerprint density at radius 3 is 2.25 bits per heavy atom. The molecule has 2 aromatic carbocycles. The fourth-order valence-electron chi connectivity index (χ4n) is 1.87. The van der Waals surface area contributed by atoms with E-state index in [-0.39, 0.29) is 4.90 Å². The lowest BCUT2D eigenvalue weighted by molar-refractivity contribution is 0.102. The van der Waals surface area contributed by atoms with E-state index in [1.54, 1.807) is 37.3 Å². The minimum absolute atomic E-state index is 0.197. The van der Waals surface area contributed by atoms with Crippen molar-refractivity contribution in [1.29, 1.82) is 0 Å². The van der Waals surface area contributed by atoms with Crippen LogP contribution in [0.4, 0.5) is 0 Å². The Hall–Kier alpha value is -1.65. The van der Waals surface area contributed by atoms with Crippen molar-refractivity contribution in [2.75, 3.05) is 5.75 Å². The Morgan fingerprint density at radius 2 is 1.65 bits per heavy atom. The average molecular weight is 309 g/mol. The fourth-order valence-corrected chi connectivity index (χ4v) is 3.51. The second kappa shape index (κ2) is 5.77. The number of aryl methyl sites for hydroxylation is 1. The first-order chi connectivity index (χ1) is 9.40. The summed E-state index contributed by atoms with van der Waals surface area (Å²) in [4.78, 5) is 12.2. The molecule has 0 radical (unpaired) electrons. The lowest BCUT2D eigenvalue weighted by atomic mass is 10.1. The number of hydrogen-bond donors (Lipinski definition) is 0. The van der Waals surface area contributed by atoms with Crippen LogP contribution in [0.5, 0.6) is 0 Å². The van der Waals surface area contributed by atoms with Gasteiger partial charge in [-0.05, 0) is 42.8 Å². The number of Topliss-reactive ketones (excluding diaryl/α,β-unsaturated/α-hetero) is 1. The van der Waals surface area contributed by atoms with E-state index in [1.165, 1.54) is 18.2 Å². The number of ketones is 1. The molecule has 0 spiro atoms. The highest BCUT2D eigenvalue weighted by Crippen LogP contribution is 2.18. The van der Waals surface area contributed by atoms with Crippen LogP contribution < -0.4 is 0 Å². The van der Waals surface area contributed by atoms with Gasteiger partial charge >= 0.3 is 0 Å². The molecule has 3 nitrogen and oxygen atoms in total. The van der Waals surface area contributed by atoms with Gasteiger partial charge in [0.15, 0.2) is 15.6 Å². The Morgan fingerprint density at radius 1 is 1.05 bits per heavy atom. The second-order valence-electron chi connectivity index (χ2n) is 4.45. The van der Waals surface area contributed by atoms with Crippen molar-refractivity contribution in [3.05, 3.63) is 64.7 Å². The molecule has 0 aliphatic heterocycles. The van der Waals surface area contributed by atoms with Gasteiger partial charge in [0.05, 0.1) is 4.90 Å². The van der Waals surface area contributed by atoms with Gasteiger partial charge in [-0.2, -0.15) is 0 Å². The smallest absolute Gasteiger partial charge is 0.186 e. The predicted molar refractivity (Wildman–Crippen MR) is 79.0 cm³/mol. The summed E-state index contributed by atoms with van der Waals surface area (Å²) in [6, 6.07) is 12.8. The van der Waals surface area contributed by atoms with Crippen molar-refractivity contribution in [2.24, 2.45) is 0 Å². The summed E-state index contributed by atoms with van der Waals surface area (Å²) in [6.45, 7) is 1.71. The largest absolute Gasteiger partial charge is 0.293 e. The molecule has 0 heterocycles. The zero-order valence-corrected chi connectivity index (χ0v) is 12.4. The van der Waals surface area contributed by atoms with Crippen molar-refractivity contribution in [3.63, 3.8) is 0 Å². The van der Waals surface area contributed by atoms with Crippen LogP contribution in [0.2, 0.25) is 5.02 Å². The topological polar surface area (TPSA) is 51.2 Å². The van der Waals surface area contributed by atoms with Crippen molar-refractivity contribution in [1.82, 2.24) is 0 Å².